The van der Waals surface area contributed by atoms with Crippen LogP contribution in [0.15, 0.2) is 6.33 Å². The van der Waals surface area contributed by atoms with E-state index < -0.39 is 0 Å². The van der Waals surface area contributed by atoms with Gasteiger partial charge in [-0.2, -0.15) is 20.1 Å². The van der Waals surface area contributed by atoms with Gasteiger partial charge in [0.15, 0.2) is 0 Å². The summed E-state index contributed by atoms with van der Waals surface area (Å²) in [6, 6.07) is 0.0372. The van der Waals surface area contributed by atoms with Crippen molar-refractivity contribution in [2.45, 2.75) is 32.9 Å². The smallest absolute Gasteiger partial charge is 0.322 e. The van der Waals surface area contributed by atoms with Crippen LogP contribution in [0, 0.1) is 0 Å². The molecule has 1 unspecified atom stereocenters. The van der Waals surface area contributed by atoms with Gasteiger partial charge in [0, 0.05) is 0 Å². The van der Waals surface area contributed by atoms with E-state index in [2.05, 4.69) is 35.5 Å². The number of hydrogen-bond donors (Lipinski definition) is 2. The Hall–Kier alpha value is -1.96. The van der Waals surface area contributed by atoms with Crippen molar-refractivity contribution in [1.82, 2.24) is 30.1 Å². The van der Waals surface area contributed by atoms with Crippen LogP contribution < -0.4 is 10.1 Å². The minimum atomic E-state index is -0.145. The molecule has 0 aliphatic carbocycles. The van der Waals surface area contributed by atoms with Gasteiger partial charge in [0.05, 0.1) is 12.1 Å². The Balaban J connectivity index is 2.13. The molecule has 0 fully saturated rings. The van der Waals surface area contributed by atoms with Gasteiger partial charge in [-0.15, -0.1) is 0 Å². The highest BCUT2D eigenvalue weighted by Gasteiger charge is 2.12. The predicted octanol–water partition coefficient (Wildman–Crippen LogP) is 1.60. The lowest BCUT2D eigenvalue weighted by atomic mass is 10.3. The van der Waals surface area contributed by atoms with E-state index in [0.29, 0.717) is 11.8 Å². The summed E-state index contributed by atoms with van der Waals surface area (Å²) >= 11 is 5.82. The summed E-state index contributed by atoms with van der Waals surface area (Å²) in [6.45, 7) is 5.64. The van der Waals surface area contributed by atoms with Crippen LogP contribution in [0.1, 0.15) is 32.6 Å². The Bertz CT molecular complexity index is 531. The second-order valence-electron chi connectivity index (χ2n) is 4.11. The molecule has 8 nitrogen and oxygen atoms in total. The molecule has 0 radical (unpaired) electrons. The van der Waals surface area contributed by atoms with Crippen molar-refractivity contribution in [2.24, 2.45) is 0 Å². The Kier molecular flexibility index (Phi) is 4.10. The van der Waals surface area contributed by atoms with Gasteiger partial charge in [-0.05, 0) is 32.4 Å². The fraction of sp³-hybridized carbons (Fsp3) is 0.500. The Morgan fingerprint density at radius 2 is 2.05 bits per heavy atom. The number of halogens is 1. The van der Waals surface area contributed by atoms with Crippen LogP contribution in [-0.2, 0) is 0 Å². The number of hydrogen-bond acceptors (Lipinski definition) is 7. The summed E-state index contributed by atoms with van der Waals surface area (Å²) in [5, 5.41) is 9.64. The molecule has 2 aromatic rings. The Labute approximate surface area is 115 Å². The average Bonchev–Trinajstić information content (AvgIpc) is 2.79. The van der Waals surface area contributed by atoms with Crippen LogP contribution in [-0.4, -0.2) is 36.2 Å². The van der Waals surface area contributed by atoms with Crippen molar-refractivity contribution in [2.75, 3.05) is 5.32 Å². The molecule has 0 amide bonds. The second kappa shape index (κ2) is 5.79. The summed E-state index contributed by atoms with van der Waals surface area (Å²) in [4.78, 5) is 16.0. The molecule has 0 aromatic carbocycles. The molecule has 0 aliphatic rings. The van der Waals surface area contributed by atoms with Crippen molar-refractivity contribution in [3.63, 3.8) is 0 Å². The summed E-state index contributed by atoms with van der Waals surface area (Å²) in [6.07, 6.45) is 1.39. The Morgan fingerprint density at radius 1 is 1.26 bits per heavy atom. The number of aromatic nitrogens is 6. The Morgan fingerprint density at radius 3 is 2.68 bits per heavy atom. The minimum Gasteiger partial charge on any atom is -0.461 e. The molecule has 0 aliphatic heterocycles. The van der Waals surface area contributed by atoms with Gasteiger partial charge < -0.3 is 10.1 Å². The number of H-pyrrole nitrogens is 1. The molecule has 2 aromatic heterocycles. The molecular weight excluding hydrogens is 270 g/mol. The van der Waals surface area contributed by atoms with E-state index in [1.165, 1.54) is 6.33 Å². The fourth-order valence-corrected chi connectivity index (χ4v) is 1.50. The summed E-state index contributed by atoms with van der Waals surface area (Å²) < 4.78 is 5.39. The molecule has 102 valence electrons. The van der Waals surface area contributed by atoms with Crippen molar-refractivity contribution >= 4 is 17.5 Å². The number of nitrogens with zero attached hydrogens (tertiary/aromatic N) is 5. The van der Waals surface area contributed by atoms with E-state index in [-0.39, 0.29) is 23.4 Å². The molecule has 9 heteroatoms. The van der Waals surface area contributed by atoms with Crippen molar-refractivity contribution in [3.8, 4) is 6.01 Å². The van der Waals surface area contributed by atoms with Gasteiger partial charge in [-0.3, -0.25) is 5.10 Å². The molecule has 2 rings (SSSR count). The van der Waals surface area contributed by atoms with Crippen LogP contribution in [0.25, 0.3) is 0 Å². The van der Waals surface area contributed by atoms with Crippen molar-refractivity contribution < 1.29 is 4.74 Å². The summed E-state index contributed by atoms with van der Waals surface area (Å²) in [5.74, 6) is 0.988. The largest absolute Gasteiger partial charge is 0.461 e. The van der Waals surface area contributed by atoms with Crippen molar-refractivity contribution in [1.29, 1.82) is 0 Å². The van der Waals surface area contributed by atoms with Crippen molar-refractivity contribution in [3.05, 3.63) is 17.4 Å². The standard InChI is InChI=1S/C10H14ClN7O/c1-5(2)19-10-16-8(11)15-9(17-10)14-6(3)7-12-4-13-18-7/h4-6H,1-3H3,(H,12,13,18)(H,14,15,16,17). The second-order valence-corrected chi connectivity index (χ2v) is 4.45. The topological polar surface area (TPSA) is 102 Å². The zero-order valence-electron chi connectivity index (χ0n) is 10.8. The molecule has 2 heterocycles. The van der Waals surface area contributed by atoms with Gasteiger partial charge >= 0.3 is 6.01 Å². The van der Waals surface area contributed by atoms with Gasteiger partial charge in [-0.1, -0.05) is 0 Å². The third-order valence-corrected chi connectivity index (χ3v) is 2.29. The maximum Gasteiger partial charge on any atom is 0.322 e. The quantitative estimate of drug-likeness (QED) is 0.859. The molecule has 2 N–H and O–H groups in total. The van der Waals surface area contributed by atoms with Gasteiger partial charge in [0.2, 0.25) is 11.2 Å². The zero-order chi connectivity index (χ0) is 13.8. The first-order chi connectivity index (χ1) is 9.04. The number of aromatic amines is 1. The molecule has 1 atom stereocenters. The van der Waals surface area contributed by atoms with E-state index in [9.17, 15) is 0 Å². The molecule has 0 bridgehead atoms. The highest BCUT2D eigenvalue weighted by Crippen LogP contribution is 2.16. The van der Waals surface area contributed by atoms with E-state index in [1.807, 2.05) is 20.8 Å². The maximum atomic E-state index is 5.82. The fourth-order valence-electron chi connectivity index (χ4n) is 1.35. The van der Waals surface area contributed by atoms with Crippen LogP contribution in [0.3, 0.4) is 0 Å². The highest BCUT2D eigenvalue weighted by molar-refractivity contribution is 6.28. The lowest BCUT2D eigenvalue weighted by molar-refractivity contribution is 0.222. The third-order valence-electron chi connectivity index (χ3n) is 2.12. The zero-order valence-corrected chi connectivity index (χ0v) is 11.5. The van der Waals surface area contributed by atoms with E-state index in [1.54, 1.807) is 0 Å². The maximum absolute atomic E-state index is 5.82. The van der Waals surface area contributed by atoms with Crippen LogP contribution >= 0.6 is 11.6 Å². The normalized spacial score (nSPS) is 12.5. The van der Waals surface area contributed by atoms with E-state index >= 15 is 0 Å². The molecular formula is C10H14ClN7O. The van der Waals surface area contributed by atoms with E-state index in [0.717, 1.165) is 0 Å². The summed E-state index contributed by atoms with van der Waals surface area (Å²) in [5.41, 5.74) is 0. The van der Waals surface area contributed by atoms with Crippen LogP contribution in [0.2, 0.25) is 5.28 Å². The molecule has 0 saturated heterocycles. The minimum absolute atomic E-state index is 0.0435. The number of ether oxygens (including phenoxy) is 1. The number of anilines is 1. The monoisotopic (exact) mass is 283 g/mol. The van der Waals surface area contributed by atoms with Gasteiger partial charge in [0.25, 0.3) is 0 Å². The van der Waals surface area contributed by atoms with Gasteiger partial charge in [-0.25, -0.2) is 4.98 Å². The number of nitrogens with one attached hydrogen (secondary N) is 2. The third kappa shape index (κ3) is 3.75. The molecule has 0 spiro atoms. The molecule has 0 saturated carbocycles. The van der Waals surface area contributed by atoms with E-state index in [4.69, 9.17) is 16.3 Å². The first-order valence-electron chi connectivity index (χ1n) is 5.74. The predicted molar refractivity (Wildman–Crippen MR) is 69.0 cm³/mol. The lowest BCUT2D eigenvalue weighted by Gasteiger charge is -2.12. The number of rotatable bonds is 5. The molecule has 19 heavy (non-hydrogen) atoms. The average molecular weight is 284 g/mol. The summed E-state index contributed by atoms with van der Waals surface area (Å²) in [7, 11) is 0. The highest BCUT2D eigenvalue weighted by atomic mass is 35.5. The van der Waals surface area contributed by atoms with Crippen LogP contribution in [0.5, 0.6) is 6.01 Å². The van der Waals surface area contributed by atoms with Crippen LogP contribution in [0.4, 0.5) is 5.95 Å². The lowest BCUT2D eigenvalue weighted by Crippen LogP contribution is -2.14. The first-order valence-corrected chi connectivity index (χ1v) is 6.12. The first kappa shape index (κ1) is 13.5. The SMILES string of the molecule is CC(C)Oc1nc(Cl)nc(NC(C)c2ncn[nH]2)n1. The van der Waals surface area contributed by atoms with Gasteiger partial charge in [0.1, 0.15) is 12.2 Å².